The summed E-state index contributed by atoms with van der Waals surface area (Å²) in [6.07, 6.45) is 5.71. The quantitative estimate of drug-likeness (QED) is 0.895. The van der Waals surface area contributed by atoms with Crippen LogP contribution in [0.4, 0.5) is 5.69 Å². The van der Waals surface area contributed by atoms with Gasteiger partial charge in [0.1, 0.15) is 5.37 Å². The van der Waals surface area contributed by atoms with E-state index in [1.165, 1.54) is 19.3 Å². The summed E-state index contributed by atoms with van der Waals surface area (Å²) in [5, 5.41) is 2.88. The minimum atomic E-state index is -0.136. The fourth-order valence-corrected chi connectivity index (χ4v) is 4.88. The summed E-state index contributed by atoms with van der Waals surface area (Å²) in [7, 11) is 0. The molecule has 3 heterocycles. The maximum absolute atomic E-state index is 12.6. The van der Waals surface area contributed by atoms with Crippen LogP contribution in [-0.4, -0.2) is 53.2 Å². The summed E-state index contributed by atoms with van der Waals surface area (Å²) < 4.78 is 0. The highest BCUT2D eigenvalue weighted by Crippen LogP contribution is 2.38. The van der Waals surface area contributed by atoms with E-state index in [0.29, 0.717) is 5.56 Å². The van der Waals surface area contributed by atoms with Gasteiger partial charge in [-0.25, -0.2) is 0 Å². The van der Waals surface area contributed by atoms with Crippen LogP contribution in [-0.2, 0) is 4.79 Å². The average molecular weight is 345 g/mol. The molecular formula is C18H23N3O2S. The highest BCUT2D eigenvalue weighted by molar-refractivity contribution is 8.00. The van der Waals surface area contributed by atoms with Crippen LogP contribution in [0.5, 0.6) is 0 Å². The zero-order valence-electron chi connectivity index (χ0n) is 13.8. The number of fused-ring (bicyclic) bond motifs is 1. The van der Waals surface area contributed by atoms with Crippen LogP contribution < -0.4 is 5.32 Å². The summed E-state index contributed by atoms with van der Waals surface area (Å²) in [6, 6.07) is 5.73. The number of hydrogen-bond acceptors (Lipinski definition) is 4. The Morgan fingerprint density at radius 2 is 1.75 bits per heavy atom. The van der Waals surface area contributed by atoms with E-state index in [2.05, 4.69) is 10.2 Å². The smallest absolute Gasteiger partial charge is 0.253 e. The Balaban J connectivity index is 1.52. The van der Waals surface area contributed by atoms with Gasteiger partial charge in [-0.15, -0.1) is 0 Å². The lowest BCUT2D eigenvalue weighted by atomic mass is 10.1. The van der Waals surface area contributed by atoms with E-state index < -0.39 is 0 Å². The second-order valence-corrected chi connectivity index (χ2v) is 7.89. The SMILES string of the molecule is O=C1Nc2cc(C(=O)N3CCCCC3)ccc2SC1N1CCCC1. The van der Waals surface area contributed by atoms with Crippen molar-refractivity contribution in [3.05, 3.63) is 23.8 Å². The highest BCUT2D eigenvalue weighted by atomic mass is 32.2. The lowest BCUT2D eigenvalue weighted by Gasteiger charge is -2.31. The third-order valence-corrected chi connectivity index (χ3v) is 6.41. The number of nitrogens with zero attached hydrogens (tertiary/aromatic N) is 2. The molecule has 0 radical (unpaired) electrons. The van der Waals surface area contributed by atoms with Crippen LogP contribution in [0.3, 0.4) is 0 Å². The van der Waals surface area contributed by atoms with Gasteiger partial charge in [0.15, 0.2) is 0 Å². The number of nitrogens with one attached hydrogen (secondary N) is 1. The molecule has 5 nitrogen and oxygen atoms in total. The molecule has 2 amide bonds. The van der Waals surface area contributed by atoms with Gasteiger partial charge in [0.2, 0.25) is 0 Å². The number of amides is 2. The van der Waals surface area contributed by atoms with Crippen LogP contribution in [0, 0.1) is 0 Å². The summed E-state index contributed by atoms with van der Waals surface area (Å²) in [4.78, 5) is 30.3. The minimum absolute atomic E-state index is 0.0389. The Bertz CT molecular complexity index is 652. The van der Waals surface area contributed by atoms with E-state index in [1.807, 2.05) is 23.1 Å². The van der Waals surface area contributed by atoms with Gasteiger partial charge in [0, 0.05) is 23.5 Å². The maximum atomic E-state index is 12.6. The molecular weight excluding hydrogens is 322 g/mol. The van der Waals surface area contributed by atoms with Gasteiger partial charge >= 0.3 is 0 Å². The Labute approximate surface area is 146 Å². The normalized spacial score (nSPS) is 24.6. The minimum Gasteiger partial charge on any atom is -0.339 e. The van der Waals surface area contributed by atoms with Crippen molar-refractivity contribution in [3.8, 4) is 0 Å². The van der Waals surface area contributed by atoms with Crippen LogP contribution in [0.1, 0.15) is 42.5 Å². The van der Waals surface area contributed by atoms with E-state index in [-0.39, 0.29) is 17.2 Å². The Morgan fingerprint density at radius 3 is 2.50 bits per heavy atom. The third kappa shape index (κ3) is 3.05. The fourth-order valence-electron chi connectivity index (χ4n) is 3.73. The highest BCUT2D eigenvalue weighted by Gasteiger charge is 2.33. The number of thioether (sulfide) groups is 1. The lowest BCUT2D eigenvalue weighted by Crippen LogP contribution is -2.42. The van der Waals surface area contributed by atoms with Crippen LogP contribution in [0.2, 0.25) is 0 Å². The molecule has 0 spiro atoms. The molecule has 3 aliphatic rings. The number of carbonyl (C=O) groups excluding carboxylic acids is 2. The molecule has 128 valence electrons. The molecule has 2 saturated heterocycles. The van der Waals surface area contributed by atoms with Crippen molar-refractivity contribution in [2.45, 2.75) is 42.4 Å². The number of piperidine rings is 1. The van der Waals surface area contributed by atoms with Gasteiger partial charge in [-0.2, -0.15) is 0 Å². The van der Waals surface area contributed by atoms with Crippen LogP contribution >= 0.6 is 11.8 Å². The molecule has 1 unspecified atom stereocenters. The Hall–Kier alpha value is -1.53. The van der Waals surface area contributed by atoms with Gasteiger partial charge in [0.05, 0.1) is 5.69 Å². The van der Waals surface area contributed by atoms with Crippen molar-refractivity contribution in [1.82, 2.24) is 9.80 Å². The molecule has 1 N–H and O–H groups in total. The maximum Gasteiger partial charge on any atom is 0.253 e. The zero-order valence-corrected chi connectivity index (χ0v) is 14.6. The summed E-state index contributed by atoms with van der Waals surface area (Å²) in [5.41, 5.74) is 1.46. The Morgan fingerprint density at radius 1 is 1.04 bits per heavy atom. The predicted molar refractivity (Wildman–Crippen MR) is 95.3 cm³/mol. The predicted octanol–water partition coefficient (Wildman–Crippen LogP) is 2.78. The number of carbonyl (C=O) groups is 2. The molecule has 6 heteroatoms. The summed E-state index contributed by atoms with van der Waals surface area (Å²) in [6.45, 7) is 3.67. The second kappa shape index (κ2) is 6.76. The first kappa shape index (κ1) is 16.0. The molecule has 1 aromatic rings. The molecule has 24 heavy (non-hydrogen) atoms. The first-order chi connectivity index (χ1) is 11.7. The van der Waals surface area contributed by atoms with Gasteiger partial charge in [-0.3, -0.25) is 14.5 Å². The number of likely N-dealkylation sites (tertiary alicyclic amines) is 2. The van der Waals surface area contributed by atoms with Crippen molar-refractivity contribution in [1.29, 1.82) is 0 Å². The monoisotopic (exact) mass is 345 g/mol. The molecule has 2 fully saturated rings. The van der Waals surface area contributed by atoms with Gasteiger partial charge in [-0.1, -0.05) is 11.8 Å². The number of anilines is 1. The molecule has 0 saturated carbocycles. The van der Waals surface area contributed by atoms with Crippen molar-refractivity contribution >= 4 is 29.3 Å². The topological polar surface area (TPSA) is 52.7 Å². The average Bonchev–Trinajstić information content (AvgIpc) is 3.15. The summed E-state index contributed by atoms with van der Waals surface area (Å²) in [5.74, 6) is 0.121. The van der Waals surface area contributed by atoms with E-state index >= 15 is 0 Å². The zero-order chi connectivity index (χ0) is 16.5. The van der Waals surface area contributed by atoms with Crippen molar-refractivity contribution in [2.75, 3.05) is 31.5 Å². The molecule has 0 aliphatic carbocycles. The molecule has 0 aromatic heterocycles. The lowest BCUT2D eigenvalue weighted by molar-refractivity contribution is -0.118. The molecule has 1 atom stereocenters. The Kier molecular flexibility index (Phi) is 4.50. The number of hydrogen-bond donors (Lipinski definition) is 1. The second-order valence-electron chi connectivity index (χ2n) is 6.77. The van der Waals surface area contributed by atoms with Crippen molar-refractivity contribution in [3.63, 3.8) is 0 Å². The van der Waals surface area contributed by atoms with Gasteiger partial charge in [-0.05, 0) is 63.4 Å². The fraction of sp³-hybridized carbons (Fsp3) is 0.556. The van der Waals surface area contributed by atoms with Crippen LogP contribution in [0.25, 0.3) is 0 Å². The van der Waals surface area contributed by atoms with Gasteiger partial charge < -0.3 is 10.2 Å². The van der Waals surface area contributed by atoms with Crippen molar-refractivity contribution in [2.24, 2.45) is 0 Å². The molecule has 0 bridgehead atoms. The third-order valence-electron chi connectivity index (χ3n) is 5.06. The van der Waals surface area contributed by atoms with Gasteiger partial charge in [0.25, 0.3) is 11.8 Å². The van der Waals surface area contributed by atoms with E-state index in [0.717, 1.165) is 49.6 Å². The number of benzene rings is 1. The van der Waals surface area contributed by atoms with E-state index in [4.69, 9.17) is 0 Å². The molecule has 4 rings (SSSR count). The molecule has 1 aromatic carbocycles. The summed E-state index contributed by atoms with van der Waals surface area (Å²) >= 11 is 1.61. The first-order valence-corrected chi connectivity index (χ1v) is 9.75. The number of rotatable bonds is 2. The van der Waals surface area contributed by atoms with E-state index in [1.54, 1.807) is 11.8 Å². The van der Waals surface area contributed by atoms with Crippen LogP contribution in [0.15, 0.2) is 23.1 Å². The largest absolute Gasteiger partial charge is 0.339 e. The van der Waals surface area contributed by atoms with Crippen molar-refractivity contribution < 1.29 is 9.59 Å². The standard InChI is InChI=1S/C18H23N3O2S/c22-16-18(21-10-4-5-11-21)24-15-7-6-13(12-14(15)19-16)17(23)20-8-2-1-3-9-20/h6-7,12,18H,1-5,8-11H2,(H,19,22). The first-order valence-electron chi connectivity index (χ1n) is 8.87. The molecule has 3 aliphatic heterocycles. The van der Waals surface area contributed by atoms with E-state index in [9.17, 15) is 9.59 Å².